The van der Waals surface area contributed by atoms with Crippen LogP contribution in [0, 0.1) is 6.92 Å². The van der Waals surface area contributed by atoms with Crippen molar-refractivity contribution in [2.75, 3.05) is 19.1 Å². The van der Waals surface area contributed by atoms with Gasteiger partial charge in [0.2, 0.25) is 0 Å². The van der Waals surface area contributed by atoms with Crippen LogP contribution < -0.4 is 14.4 Å². The number of hydrogen-bond acceptors (Lipinski definition) is 5. The van der Waals surface area contributed by atoms with Gasteiger partial charge in [0.15, 0.2) is 16.6 Å². The van der Waals surface area contributed by atoms with Crippen LogP contribution >= 0.6 is 11.3 Å². The van der Waals surface area contributed by atoms with Gasteiger partial charge in [-0.05, 0) is 42.8 Å². The molecule has 27 heavy (non-hydrogen) atoms. The third kappa shape index (κ3) is 4.35. The summed E-state index contributed by atoms with van der Waals surface area (Å²) in [5.41, 5.74) is 2.49. The number of amides is 1. The lowest BCUT2D eigenvalue weighted by atomic mass is 10.2. The molecular formula is C21H20N2O3S. The van der Waals surface area contributed by atoms with E-state index in [1.54, 1.807) is 25.2 Å². The summed E-state index contributed by atoms with van der Waals surface area (Å²) in [6.07, 6.45) is 3.28. The summed E-state index contributed by atoms with van der Waals surface area (Å²) in [4.78, 5) is 19.0. The molecule has 1 heterocycles. The Balaban J connectivity index is 1.90. The molecule has 2 aromatic carbocycles. The Morgan fingerprint density at radius 3 is 2.44 bits per heavy atom. The Bertz CT molecular complexity index is 951. The molecule has 5 nitrogen and oxygen atoms in total. The van der Waals surface area contributed by atoms with Crippen molar-refractivity contribution < 1.29 is 14.3 Å². The lowest BCUT2D eigenvalue weighted by molar-refractivity contribution is -0.113. The highest BCUT2D eigenvalue weighted by molar-refractivity contribution is 7.14. The average molecular weight is 380 g/mol. The maximum Gasteiger partial charge on any atom is 0.257 e. The molecule has 3 aromatic rings. The Morgan fingerprint density at radius 2 is 1.81 bits per heavy atom. The van der Waals surface area contributed by atoms with Gasteiger partial charge in [-0.15, -0.1) is 11.3 Å². The van der Waals surface area contributed by atoms with E-state index in [0.717, 1.165) is 16.9 Å². The SMILES string of the molecule is COc1ccc(/C=C/C(=O)N(c2ccccc2)c2nc(C)cs2)cc1OC. The molecule has 0 aliphatic rings. The van der Waals surface area contributed by atoms with Gasteiger partial charge in [0.25, 0.3) is 5.91 Å². The minimum atomic E-state index is -0.176. The van der Waals surface area contributed by atoms with Gasteiger partial charge < -0.3 is 9.47 Å². The monoisotopic (exact) mass is 380 g/mol. The van der Waals surface area contributed by atoms with Crippen LogP contribution in [-0.4, -0.2) is 25.1 Å². The summed E-state index contributed by atoms with van der Waals surface area (Å²) >= 11 is 1.44. The molecule has 0 bridgehead atoms. The highest BCUT2D eigenvalue weighted by Crippen LogP contribution is 2.30. The van der Waals surface area contributed by atoms with Gasteiger partial charge in [-0.25, -0.2) is 4.98 Å². The number of aryl methyl sites for hydroxylation is 1. The molecule has 1 amide bonds. The van der Waals surface area contributed by atoms with E-state index >= 15 is 0 Å². The first-order chi connectivity index (χ1) is 13.1. The number of methoxy groups -OCH3 is 2. The zero-order chi connectivity index (χ0) is 19.2. The summed E-state index contributed by atoms with van der Waals surface area (Å²) in [5.74, 6) is 1.08. The zero-order valence-corrected chi connectivity index (χ0v) is 16.2. The Labute approximate surface area is 162 Å². The van der Waals surface area contributed by atoms with Crippen molar-refractivity contribution in [1.82, 2.24) is 4.98 Å². The number of anilines is 2. The van der Waals surface area contributed by atoms with Gasteiger partial charge in [0.1, 0.15) is 0 Å². The number of aromatic nitrogens is 1. The van der Waals surface area contributed by atoms with E-state index in [0.29, 0.717) is 16.6 Å². The smallest absolute Gasteiger partial charge is 0.257 e. The molecule has 0 N–H and O–H groups in total. The van der Waals surface area contributed by atoms with Crippen molar-refractivity contribution in [3.05, 3.63) is 71.2 Å². The molecular weight excluding hydrogens is 360 g/mol. The van der Waals surface area contributed by atoms with E-state index in [1.165, 1.54) is 17.4 Å². The van der Waals surface area contributed by atoms with E-state index in [9.17, 15) is 4.79 Å². The lowest BCUT2D eigenvalue weighted by Gasteiger charge is -2.18. The number of para-hydroxylation sites is 1. The first kappa shape index (κ1) is 18.7. The second-order valence-corrected chi connectivity index (χ2v) is 6.56. The van der Waals surface area contributed by atoms with Gasteiger partial charge in [0, 0.05) is 11.5 Å². The molecule has 0 spiro atoms. The number of ether oxygens (including phenoxy) is 2. The van der Waals surface area contributed by atoms with Gasteiger partial charge in [-0.3, -0.25) is 9.69 Å². The summed E-state index contributed by atoms with van der Waals surface area (Å²) in [6.45, 7) is 1.91. The van der Waals surface area contributed by atoms with Crippen LogP contribution in [0.2, 0.25) is 0 Å². The summed E-state index contributed by atoms with van der Waals surface area (Å²) in [7, 11) is 3.17. The minimum Gasteiger partial charge on any atom is -0.493 e. The van der Waals surface area contributed by atoms with Gasteiger partial charge in [-0.1, -0.05) is 24.3 Å². The number of hydrogen-bond donors (Lipinski definition) is 0. The minimum absolute atomic E-state index is 0.176. The van der Waals surface area contributed by atoms with E-state index in [-0.39, 0.29) is 5.91 Å². The molecule has 1 aromatic heterocycles. The second kappa shape index (κ2) is 8.51. The zero-order valence-electron chi connectivity index (χ0n) is 15.4. The maximum atomic E-state index is 13.0. The largest absolute Gasteiger partial charge is 0.493 e. The Morgan fingerprint density at radius 1 is 1.07 bits per heavy atom. The van der Waals surface area contributed by atoms with Gasteiger partial charge in [0.05, 0.1) is 25.6 Å². The standard InChI is InChI=1S/C21H20N2O3S/c1-15-14-27-21(22-15)23(17-7-5-4-6-8-17)20(24)12-10-16-9-11-18(25-2)19(13-16)26-3/h4-14H,1-3H3/b12-10+. The van der Waals surface area contributed by atoms with Crippen LogP contribution in [0.25, 0.3) is 6.08 Å². The molecule has 0 unspecified atom stereocenters. The van der Waals surface area contributed by atoms with Crippen LogP contribution in [0.4, 0.5) is 10.8 Å². The number of thiazole rings is 1. The number of rotatable bonds is 6. The maximum absolute atomic E-state index is 13.0. The molecule has 0 saturated carbocycles. The predicted molar refractivity (Wildman–Crippen MR) is 109 cm³/mol. The number of carbonyl (C=O) groups is 1. The molecule has 0 aliphatic carbocycles. The fraction of sp³-hybridized carbons (Fsp3) is 0.143. The Hall–Kier alpha value is -3.12. The van der Waals surface area contributed by atoms with Crippen LogP contribution in [0.1, 0.15) is 11.3 Å². The van der Waals surface area contributed by atoms with Crippen LogP contribution in [-0.2, 0) is 4.79 Å². The van der Waals surface area contributed by atoms with Gasteiger partial charge >= 0.3 is 0 Å². The van der Waals surface area contributed by atoms with Crippen molar-refractivity contribution in [3.8, 4) is 11.5 Å². The topological polar surface area (TPSA) is 51.7 Å². The second-order valence-electron chi connectivity index (χ2n) is 5.73. The van der Waals surface area contributed by atoms with Crippen LogP contribution in [0.3, 0.4) is 0 Å². The lowest BCUT2D eigenvalue weighted by Crippen LogP contribution is -2.23. The molecule has 6 heteroatoms. The highest BCUT2D eigenvalue weighted by atomic mass is 32.1. The normalized spacial score (nSPS) is 10.8. The van der Waals surface area contributed by atoms with Crippen molar-refractivity contribution >= 4 is 34.1 Å². The molecule has 0 aliphatic heterocycles. The number of nitrogens with zero attached hydrogens (tertiary/aromatic N) is 2. The van der Waals surface area contributed by atoms with Crippen molar-refractivity contribution in [1.29, 1.82) is 0 Å². The Kier molecular flexibility index (Phi) is 5.88. The molecule has 0 saturated heterocycles. The van der Waals surface area contributed by atoms with Crippen molar-refractivity contribution in [3.63, 3.8) is 0 Å². The van der Waals surface area contributed by atoms with E-state index in [1.807, 2.05) is 60.8 Å². The number of carbonyl (C=O) groups excluding carboxylic acids is 1. The molecule has 3 rings (SSSR count). The molecule has 0 radical (unpaired) electrons. The number of benzene rings is 2. The van der Waals surface area contributed by atoms with Crippen molar-refractivity contribution in [2.45, 2.75) is 6.92 Å². The van der Waals surface area contributed by atoms with E-state index < -0.39 is 0 Å². The van der Waals surface area contributed by atoms with Crippen molar-refractivity contribution in [2.24, 2.45) is 0 Å². The third-order valence-electron chi connectivity index (χ3n) is 3.86. The summed E-state index contributed by atoms with van der Waals surface area (Å²) in [5, 5.41) is 2.57. The first-order valence-corrected chi connectivity index (χ1v) is 9.21. The third-order valence-corrected chi connectivity index (χ3v) is 4.80. The van der Waals surface area contributed by atoms with Gasteiger partial charge in [-0.2, -0.15) is 0 Å². The quantitative estimate of drug-likeness (QED) is 0.574. The first-order valence-electron chi connectivity index (χ1n) is 8.33. The summed E-state index contributed by atoms with van der Waals surface area (Å²) in [6, 6.07) is 15.0. The predicted octanol–water partition coefficient (Wildman–Crippen LogP) is 4.85. The fourth-order valence-corrected chi connectivity index (χ4v) is 3.38. The molecule has 138 valence electrons. The average Bonchev–Trinajstić information content (AvgIpc) is 3.12. The molecule has 0 fully saturated rings. The van der Waals surface area contributed by atoms with Crippen LogP contribution in [0.15, 0.2) is 60.0 Å². The molecule has 0 atom stereocenters. The van der Waals surface area contributed by atoms with E-state index in [4.69, 9.17) is 9.47 Å². The van der Waals surface area contributed by atoms with Crippen LogP contribution in [0.5, 0.6) is 11.5 Å². The highest BCUT2D eigenvalue weighted by Gasteiger charge is 2.18. The van der Waals surface area contributed by atoms with E-state index in [2.05, 4.69) is 4.98 Å². The fourth-order valence-electron chi connectivity index (χ4n) is 2.55. The summed E-state index contributed by atoms with van der Waals surface area (Å²) < 4.78 is 10.6.